The molecule has 0 aliphatic carbocycles. The Bertz CT molecular complexity index is 654. The van der Waals surface area contributed by atoms with Gasteiger partial charge >= 0.3 is 0 Å². The first-order chi connectivity index (χ1) is 10.7. The molecule has 1 aromatic carbocycles. The third-order valence-electron chi connectivity index (χ3n) is 3.45. The fourth-order valence-electron chi connectivity index (χ4n) is 2.07. The van der Waals surface area contributed by atoms with E-state index in [1.165, 1.54) is 7.11 Å². The molecule has 0 fully saturated rings. The number of hydrogen-bond donors (Lipinski definition) is 2. The van der Waals surface area contributed by atoms with Gasteiger partial charge in [0.05, 0.1) is 18.6 Å². The zero-order valence-corrected chi connectivity index (χ0v) is 15.2. The summed E-state index contributed by atoms with van der Waals surface area (Å²) in [5.41, 5.74) is 1.29. The molecule has 0 aromatic heterocycles. The molecule has 130 valence electrons. The minimum absolute atomic E-state index is 0.158. The lowest BCUT2D eigenvalue weighted by Crippen LogP contribution is -2.37. The summed E-state index contributed by atoms with van der Waals surface area (Å²) in [5.74, 6) is 0.780. The number of rotatable bonds is 8. The number of sulfonamides is 1. The summed E-state index contributed by atoms with van der Waals surface area (Å²) in [7, 11) is -2.20. The zero-order valence-electron chi connectivity index (χ0n) is 14.4. The topological polar surface area (TPSA) is 84.5 Å². The Kier molecular flexibility index (Phi) is 7.02. The molecule has 0 aliphatic rings. The van der Waals surface area contributed by atoms with Crippen LogP contribution in [0.1, 0.15) is 31.4 Å². The highest BCUT2D eigenvalue weighted by atomic mass is 32.2. The second-order valence-corrected chi connectivity index (χ2v) is 7.68. The van der Waals surface area contributed by atoms with Crippen LogP contribution in [0.2, 0.25) is 0 Å². The highest BCUT2D eigenvalue weighted by Crippen LogP contribution is 2.25. The van der Waals surface area contributed by atoms with Gasteiger partial charge in [0.2, 0.25) is 15.9 Å². The third-order valence-corrected chi connectivity index (χ3v) is 4.99. The lowest BCUT2D eigenvalue weighted by atomic mass is 10.1. The highest BCUT2D eigenvalue weighted by Gasteiger charge is 2.19. The number of aryl methyl sites for hydroxylation is 2. The van der Waals surface area contributed by atoms with Crippen LogP contribution >= 0.6 is 0 Å². The average molecular weight is 342 g/mol. The molecule has 0 aliphatic heterocycles. The quantitative estimate of drug-likeness (QED) is 0.754. The first-order valence-corrected chi connectivity index (χ1v) is 9.07. The molecule has 2 N–H and O–H groups in total. The first-order valence-electron chi connectivity index (χ1n) is 7.59. The van der Waals surface area contributed by atoms with Gasteiger partial charge in [-0.1, -0.05) is 13.8 Å². The highest BCUT2D eigenvalue weighted by molar-refractivity contribution is 7.89. The molecule has 0 bridgehead atoms. The van der Waals surface area contributed by atoms with Gasteiger partial charge in [-0.05, 0) is 49.4 Å². The zero-order chi connectivity index (χ0) is 17.6. The Labute approximate surface area is 138 Å². The molecule has 0 saturated carbocycles. The summed E-state index contributed by atoms with van der Waals surface area (Å²) in [4.78, 5) is 11.9. The van der Waals surface area contributed by atoms with Crippen molar-refractivity contribution >= 4 is 15.9 Å². The molecule has 0 spiro atoms. The van der Waals surface area contributed by atoms with Crippen molar-refractivity contribution in [1.29, 1.82) is 0 Å². The van der Waals surface area contributed by atoms with E-state index in [-0.39, 0.29) is 17.3 Å². The number of amides is 1. The van der Waals surface area contributed by atoms with E-state index < -0.39 is 10.0 Å². The van der Waals surface area contributed by atoms with Gasteiger partial charge in [0, 0.05) is 6.54 Å². The Hall–Kier alpha value is -1.60. The summed E-state index contributed by atoms with van der Waals surface area (Å²) in [6, 6.07) is 3.22. The minimum Gasteiger partial charge on any atom is -0.496 e. The van der Waals surface area contributed by atoms with E-state index in [9.17, 15) is 13.2 Å². The summed E-state index contributed by atoms with van der Waals surface area (Å²) < 4.78 is 32.2. The molecule has 0 unspecified atom stereocenters. The van der Waals surface area contributed by atoms with Crippen LogP contribution in [0.3, 0.4) is 0 Å². The van der Waals surface area contributed by atoms with Crippen LogP contribution in [0.5, 0.6) is 5.75 Å². The Morgan fingerprint density at radius 3 is 2.43 bits per heavy atom. The molecule has 0 saturated heterocycles. The van der Waals surface area contributed by atoms with Gasteiger partial charge in [0.15, 0.2) is 0 Å². The molecule has 1 rings (SSSR count). The number of methoxy groups -OCH3 is 1. The molecule has 1 aromatic rings. The van der Waals surface area contributed by atoms with E-state index in [1.807, 2.05) is 0 Å². The fourth-order valence-corrected chi connectivity index (χ4v) is 3.37. The predicted molar refractivity (Wildman–Crippen MR) is 90.1 cm³/mol. The van der Waals surface area contributed by atoms with Crippen LogP contribution in [0, 0.1) is 19.8 Å². The van der Waals surface area contributed by atoms with E-state index in [1.54, 1.807) is 26.0 Å². The molecular weight excluding hydrogens is 316 g/mol. The van der Waals surface area contributed by atoms with Crippen molar-refractivity contribution in [1.82, 2.24) is 10.0 Å². The van der Waals surface area contributed by atoms with Gasteiger partial charge in [0.1, 0.15) is 5.75 Å². The molecule has 6 nitrogen and oxygen atoms in total. The van der Waals surface area contributed by atoms with E-state index in [0.29, 0.717) is 23.8 Å². The van der Waals surface area contributed by atoms with Crippen molar-refractivity contribution in [2.75, 3.05) is 20.2 Å². The van der Waals surface area contributed by atoms with Crippen LogP contribution in [-0.4, -0.2) is 34.5 Å². The van der Waals surface area contributed by atoms with Crippen molar-refractivity contribution in [3.8, 4) is 5.75 Å². The Balaban J connectivity index is 2.73. The van der Waals surface area contributed by atoms with Crippen LogP contribution < -0.4 is 14.8 Å². The molecule has 23 heavy (non-hydrogen) atoms. The maximum Gasteiger partial charge on any atom is 0.241 e. The fraction of sp³-hybridized carbons (Fsp3) is 0.562. The number of carbonyl (C=O) groups excluding carboxylic acids is 1. The number of nitrogens with one attached hydrogen (secondary N) is 2. The van der Waals surface area contributed by atoms with Gasteiger partial charge in [-0.25, -0.2) is 13.1 Å². The van der Waals surface area contributed by atoms with Crippen LogP contribution in [0.25, 0.3) is 0 Å². The van der Waals surface area contributed by atoms with Crippen molar-refractivity contribution in [3.63, 3.8) is 0 Å². The second kappa shape index (κ2) is 8.31. The van der Waals surface area contributed by atoms with E-state index >= 15 is 0 Å². The summed E-state index contributed by atoms with van der Waals surface area (Å²) in [5, 5.41) is 2.70. The van der Waals surface area contributed by atoms with Crippen molar-refractivity contribution in [2.45, 2.75) is 39.0 Å². The number of benzene rings is 1. The van der Waals surface area contributed by atoms with Gasteiger partial charge < -0.3 is 10.1 Å². The molecular formula is C16H26N2O4S. The average Bonchev–Trinajstić information content (AvgIpc) is 2.46. The number of ether oxygens (including phenoxy) is 1. The van der Waals surface area contributed by atoms with Crippen molar-refractivity contribution in [3.05, 3.63) is 23.3 Å². The maximum absolute atomic E-state index is 12.4. The molecule has 0 radical (unpaired) electrons. The summed E-state index contributed by atoms with van der Waals surface area (Å²) >= 11 is 0. The SMILES string of the molecule is COc1cc(C)c(S(=O)(=O)NCC(=O)NCCC(C)C)cc1C. The van der Waals surface area contributed by atoms with Crippen molar-refractivity contribution in [2.24, 2.45) is 5.92 Å². The van der Waals surface area contributed by atoms with Gasteiger partial charge in [-0.15, -0.1) is 0 Å². The second-order valence-electron chi connectivity index (χ2n) is 5.94. The maximum atomic E-state index is 12.4. The summed E-state index contributed by atoms with van der Waals surface area (Å²) in [6.07, 6.45) is 0.856. The van der Waals surface area contributed by atoms with Crippen molar-refractivity contribution < 1.29 is 17.9 Å². The minimum atomic E-state index is -3.74. The molecule has 1 amide bonds. The third kappa shape index (κ3) is 5.84. The Morgan fingerprint density at radius 2 is 1.87 bits per heavy atom. The lowest BCUT2D eigenvalue weighted by Gasteiger charge is -2.13. The Morgan fingerprint density at radius 1 is 1.22 bits per heavy atom. The van der Waals surface area contributed by atoms with Crippen LogP contribution in [-0.2, 0) is 14.8 Å². The smallest absolute Gasteiger partial charge is 0.241 e. The standard InChI is InChI=1S/C16H26N2O4S/c1-11(2)6-7-17-16(19)10-18-23(20,21)15-9-12(3)14(22-5)8-13(15)4/h8-9,11,18H,6-7,10H2,1-5H3,(H,17,19). The normalized spacial score (nSPS) is 11.6. The summed E-state index contributed by atoms with van der Waals surface area (Å²) in [6.45, 7) is 7.85. The van der Waals surface area contributed by atoms with Gasteiger partial charge in [0.25, 0.3) is 0 Å². The van der Waals surface area contributed by atoms with E-state index in [4.69, 9.17) is 4.74 Å². The number of hydrogen-bond acceptors (Lipinski definition) is 4. The largest absolute Gasteiger partial charge is 0.496 e. The van der Waals surface area contributed by atoms with E-state index in [0.717, 1.165) is 12.0 Å². The number of carbonyl (C=O) groups is 1. The van der Waals surface area contributed by atoms with Crippen LogP contribution in [0.15, 0.2) is 17.0 Å². The molecule has 0 atom stereocenters. The predicted octanol–water partition coefficient (Wildman–Crippen LogP) is 1.75. The molecule has 0 heterocycles. The molecule has 7 heteroatoms. The lowest BCUT2D eigenvalue weighted by molar-refractivity contribution is -0.119. The van der Waals surface area contributed by atoms with Gasteiger partial charge in [-0.3, -0.25) is 4.79 Å². The van der Waals surface area contributed by atoms with Crippen LogP contribution in [0.4, 0.5) is 0 Å². The monoisotopic (exact) mass is 342 g/mol. The van der Waals surface area contributed by atoms with E-state index in [2.05, 4.69) is 23.9 Å². The first kappa shape index (κ1) is 19.4. The van der Waals surface area contributed by atoms with Gasteiger partial charge in [-0.2, -0.15) is 0 Å².